The minimum Gasteiger partial charge on any atom is -0.396 e. The van der Waals surface area contributed by atoms with Crippen LogP contribution >= 0.6 is 11.6 Å². The van der Waals surface area contributed by atoms with Crippen molar-refractivity contribution in [3.05, 3.63) is 95.5 Å². The molecule has 2 heterocycles. The number of hydrogen-bond acceptors (Lipinski definition) is 6. The molecule has 4 aromatic rings. The Morgan fingerprint density at radius 2 is 1.51 bits per heavy atom. The maximum absolute atomic E-state index is 10.5. The molecule has 7 nitrogen and oxygen atoms in total. The Bertz CT molecular complexity index is 1250. The van der Waals surface area contributed by atoms with Crippen LogP contribution in [0.2, 0.25) is 5.15 Å². The van der Waals surface area contributed by atoms with E-state index in [4.69, 9.17) is 21.1 Å². The maximum Gasteiger partial charge on any atom is 0.145 e. The Kier molecular flexibility index (Phi) is 7.13. The fraction of sp³-hybridized carbons (Fsp3) is 0.333. The van der Waals surface area contributed by atoms with Gasteiger partial charge in [-0.1, -0.05) is 72.3 Å². The molecule has 1 saturated carbocycles. The highest BCUT2D eigenvalue weighted by Crippen LogP contribution is 2.48. The van der Waals surface area contributed by atoms with E-state index in [2.05, 4.69) is 9.97 Å². The van der Waals surface area contributed by atoms with E-state index in [9.17, 15) is 10.2 Å². The largest absolute Gasteiger partial charge is 0.396 e. The van der Waals surface area contributed by atoms with Crippen molar-refractivity contribution in [3.63, 3.8) is 0 Å². The summed E-state index contributed by atoms with van der Waals surface area (Å²) in [6, 6.07) is 21.4. The van der Waals surface area contributed by atoms with E-state index in [0.29, 0.717) is 30.4 Å². The van der Waals surface area contributed by atoms with Crippen LogP contribution in [0.3, 0.4) is 0 Å². The molecule has 0 radical (unpaired) electrons. The summed E-state index contributed by atoms with van der Waals surface area (Å²) in [6.07, 6.45) is 2.78. The highest BCUT2D eigenvalue weighted by Gasteiger charge is 2.55. The number of ether oxygens (including phenoxy) is 2. The van der Waals surface area contributed by atoms with E-state index >= 15 is 0 Å². The third-order valence-electron chi connectivity index (χ3n) is 6.90. The number of rotatable bonds is 9. The van der Waals surface area contributed by atoms with Gasteiger partial charge in [-0.25, -0.2) is 9.97 Å². The average molecular weight is 494 g/mol. The van der Waals surface area contributed by atoms with Gasteiger partial charge in [-0.05, 0) is 23.6 Å². The average Bonchev–Trinajstić information content (AvgIpc) is 3.47. The molecule has 2 N–H and O–H groups in total. The Hall–Kier alpha value is -2.81. The molecule has 1 aliphatic rings. The summed E-state index contributed by atoms with van der Waals surface area (Å²) in [5.41, 5.74) is 1.82. The number of aliphatic hydroxyl groups is 2. The van der Waals surface area contributed by atoms with Crippen molar-refractivity contribution >= 4 is 22.6 Å². The molecule has 182 valence electrons. The lowest BCUT2D eigenvalue weighted by molar-refractivity contribution is -0.135. The van der Waals surface area contributed by atoms with Crippen molar-refractivity contribution in [1.82, 2.24) is 14.5 Å². The number of fused-ring (bicyclic) bond motifs is 1. The molecule has 0 bridgehead atoms. The van der Waals surface area contributed by atoms with Gasteiger partial charge < -0.3 is 24.3 Å². The first kappa shape index (κ1) is 23.9. The number of aromatic nitrogens is 3. The van der Waals surface area contributed by atoms with Gasteiger partial charge in [-0.15, -0.1) is 0 Å². The second-order valence-electron chi connectivity index (χ2n) is 9.05. The normalized spacial score (nSPS) is 21.5. The zero-order valence-corrected chi connectivity index (χ0v) is 20.0. The zero-order chi connectivity index (χ0) is 24.3. The molecule has 35 heavy (non-hydrogen) atoms. The molecule has 2 aromatic carbocycles. The Morgan fingerprint density at radius 3 is 2.14 bits per heavy atom. The minimum atomic E-state index is -0.895. The summed E-state index contributed by atoms with van der Waals surface area (Å²) >= 11 is 6.31. The molecule has 1 fully saturated rings. The van der Waals surface area contributed by atoms with Crippen LogP contribution < -0.4 is 0 Å². The summed E-state index contributed by atoms with van der Waals surface area (Å²) in [6.45, 7) is 0.236. The Labute approximate surface area is 208 Å². The lowest BCUT2D eigenvalue weighted by Crippen LogP contribution is -2.44. The third kappa shape index (κ3) is 4.70. The van der Waals surface area contributed by atoms with E-state index < -0.39 is 17.6 Å². The van der Waals surface area contributed by atoms with Gasteiger partial charge in [0, 0.05) is 11.6 Å². The van der Waals surface area contributed by atoms with Gasteiger partial charge in [0.1, 0.15) is 23.2 Å². The molecule has 5 rings (SSSR count). The van der Waals surface area contributed by atoms with Gasteiger partial charge in [0.25, 0.3) is 0 Å². The standard InChI is InChI=1S/C27H28ClN3O4/c28-25-21-11-12-31(26(21)30-18-29-25)22-13-27(16-32,17-33)24(35-15-20-9-5-2-6-10-20)23(22)34-14-19-7-3-1-4-8-19/h1-12,18,22-24,32-33H,13-17H2/t22-,23+,24+/m1/s1. The minimum absolute atomic E-state index is 0.237. The molecule has 0 amide bonds. The van der Waals surface area contributed by atoms with Gasteiger partial charge in [0.05, 0.1) is 44.0 Å². The van der Waals surface area contributed by atoms with Crippen LogP contribution in [-0.4, -0.2) is 50.2 Å². The first-order valence-electron chi connectivity index (χ1n) is 11.6. The molecule has 8 heteroatoms. The molecule has 3 atom stereocenters. The van der Waals surface area contributed by atoms with Crippen molar-refractivity contribution in [1.29, 1.82) is 0 Å². The van der Waals surface area contributed by atoms with Crippen molar-refractivity contribution in [2.24, 2.45) is 5.41 Å². The summed E-state index contributed by atoms with van der Waals surface area (Å²) < 4.78 is 15.0. The fourth-order valence-electron chi connectivity index (χ4n) is 5.02. The van der Waals surface area contributed by atoms with E-state index in [-0.39, 0.29) is 19.3 Å². The fourth-order valence-corrected chi connectivity index (χ4v) is 5.21. The second kappa shape index (κ2) is 10.4. The number of benzene rings is 2. The van der Waals surface area contributed by atoms with Gasteiger partial charge in [0.2, 0.25) is 0 Å². The van der Waals surface area contributed by atoms with Gasteiger partial charge in [-0.3, -0.25) is 0 Å². The van der Waals surface area contributed by atoms with Crippen LogP contribution in [0, 0.1) is 5.41 Å². The van der Waals surface area contributed by atoms with E-state index in [0.717, 1.165) is 16.5 Å². The summed E-state index contributed by atoms with van der Waals surface area (Å²) in [7, 11) is 0. The third-order valence-corrected chi connectivity index (χ3v) is 7.20. The smallest absolute Gasteiger partial charge is 0.145 e. The van der Waals surface area contributed by atoms with Crippen LogP contribution in [0.1, 0.15) is 23.6 Å². The summed E-state index contributed by atoms with van der Waals surface area (Å²) in [5.74, 6) is 0. The number of hydrogen-bond donors (Lipinski definition) is 2. The van der Waals surface area contributed by atoms with Crippen molar-refractivity contribution in [2.45, 2.75) is 37.9 Å². The highest BCUT2D eigenvalue weighted by atomic mass is 35.5. The summed E-state index contributed by atoms with van der Waals surface area (Å²) in [5, 5.41) is 22.1. The van der Waals surface area contributed by atoms with Crippen molar-refractivity contribution < 1.29 is 19.7 Å². The lowest BCUT2D eigenvalue weighted by atomic mass is 9.85. The topological polar surface area (TPSA) is 89.6 Å². The van der Waals surface area contributed by atoms with Crippen molar-refractivity contribution in [2.75, 3.05) is 13.2 Å². The number of nitrogens with zero attached hydrogens (tertiary/aromatic N) is 3. The zero-order valence-electron chi connectivity index (χ0n) is 19.2. The van der Waals surface area contributed by atoms with E-state index in [1.165, 1.54) is 6.33 Å². The SMILES string of the molecule is OCC1(CO)C[C@@H](n2ccc3c(Cl)ncnc32)[C@H](OCc2ccccc2)[C@@H]1OCc1ccccc1. The monoisotopic (exact) mass is 493 g/mol. The van der Waals surface area contributed by atoms with Crippen LogP contribution in [0.25, 0.3) is 11.0 Å². The molecule has 0 unspecified atom stereocenters. The van der Waals surface area contributed by atoms with Crippen LogP contribution in [0.4, 0.5) is 0 Å². The molecule has 0 spiro atoms. The maximum atomic E-state index is 10.5. The van der Waals surface area contributed by atoms with Crippen LogP contribution in [0.15, 0.2) is 79.3 Å². The molecular weight excluding hydrogens is 466 g/mol. The van der Waals surface area contributed by atoms with Gasteiger partial charge >= 0.3 is 0 Å². The molecular formula is C27H28ClN3O4. The molecule has 1 aliphatic carbocycles. The highest BCUT2D eigenvalue weighted by molar-refractivity contribution is 6.33. The first-order chi connectivity index (χ1) is 17.1. The number of aliphatic hydroxyl groups excluding tert-OH is 2. The molecule has 0 saturated heterocycles. The summed E-state index contributed by atoms with van der Waals surface area (Å²) in [4.78, 5) is 8.55. The second-order valence-corrected chi connectivity index (χ2v) is 9.41. The first-order valence-corrected chi connectivity index (χ1v) is 12.0. The molecule has 0 aliphatic heterocycles. The van der Waals surface area contributed by atoms with Crippen LogP contribution in [-0.2, 0) is 22.7 Å². The van der Waals surface area contributed by atoms with E-state index in [1.54, 1.807) is 0 Å². The number of halogens is 1. The van der Waals surface area contributed by atoms with Gasteiger partial charge in [0.15, 0.2) is 0 Å². The quantitative estimate of drug-likeness (QED) is 0.340. The predicted molar refractivity (Wildman–Crippen MR) is 133 cm³/mol. The predicted octanol–water partition coefficient (Wildman–Crippen LogP) is 4.17. The molecule has 2 aromatic heterocycles. The Morgan fingerprint density at radius 1 is 0.886 bits per heavy atom. The van der Waals surface area contributed by atoms with Crippen molar-refractivity contribution in [3.8, 4) is 0 Å². The lowest BCUT2D eigenvalue weighted by Gasteiger charge is -2.34. The van der Waals surface area contributed by atoms with Gasteiger partial charge in [-0.2, -0.15) is 0 Å². The Balaban J connectivity index is 1.52. The van der Waals surface area contributed by atoms with E-state index in [1.807, 2.05) is 77.5 Å². The van der Waals surface area contributed by atoms with Crippen LogP contribution in [0.5, 0.6) is 0 Å².